The van der Waals surface area contributed by atoms with Gasteiger partial charge in [0.1, 0.15) is 11.2 Å². The van der Waals surface area contributed by atoms with Crippen molar-refractivity contribution in [1.82, 2.24) is 9.97 Å². The third-order valence-corrected chi connectivity index (χ3v) is 8.94. The summed E-state index contributed by atoms with van der Waals surface area (Å²) in [5, 5.41) is 5.70. The van der Waals surface area contributed by atoms with E-state index in [9.17, 15) is 0 Å². The summed E-state index contributed by atoms with van der Waals surface area (Å²) < 4.78 is 6.62. The van der Waals surface area contributed by atoms with Gasteiger partial charge in [-0.05, 0) is 96.8 Å². The van der Waals surface area contributed by atoms with Gasteiger partial charge in [0.2, 0.25) is 0 Å². The van der Waals surface area contributed by atoms with Crippen LogP contribution < -0.4 is 0 Å². The molecule has 0 aliphatic heterocycles. The molecule has 3 nitrogen and oxygen atoms in total. The first-order chi connectivity index (χ1) is 21.0. The monoisotopic (exact) mass is 554 g/mol. The van der Waals surface area contributed by atoms with Gasteiger partial charge in [-0.1, -0.05) is 72.8 Å². The van der Waals surface area contributed by atoms with Crippen LogP contribution in [-0.2, 0) is 0 Å². The molecule has 0 N–H and O–H groups in total. The van der Waals surface area contributed by atoms with Gasteiger partial charge in [0, 0.05) is 38.9 Å². The molecule has 0 unspecified atom stereocenters. The molecule has 43 heavy (non-hydrogen) atoms. The molecule has 8 aromatic rings. The number of para-hydroxylation sites is 1. The maximum absolute atomic E-state index is 6.62. The molecule has 0 bridgehead atoms. The minimum atomic E-state index is 0.870. The molecule has 0 radical (unpaired) electrons. The lowest BCUT2D eigenvalue weighted by Gasteiger charge is -2.15. The summed E-state index contributed by atoms with van der Waals surface area (Å²) in [5.74, 6) is 0. The number of benzene rings is 5. The Morgan fingerprint density at radius 2 is 1.26 bits per heavy atom. The van der Waals surface area contributed by atoms with Crippen LogP contribution in [0.4, 0.5) is 0 Å². The van der Waals surface area contributed by atoms with E-state index in [1.54, 1.807) is 0 Å². The number of hydrogen-bond acceptors (Lipinski definition) is 3. The normalized spacial score (nSPS) is 11.7. The molecule has 0 amide bonds. The molecule has 0 aliphatic carbocycles. The Labute approximate surface area is 250 Å². The summed E-state index contributed by atoms with van der Waals surface area (Å²) in [6.45, 7) is 8.63. The molecule has 0 saturated heterocycles. The molecule has 8 rings (SSSR count). The van der Waals surface area contributed by atoms with Crippen molar-refractivity contribution in [2.75, 3.05) is 0 Å². The van der Waals surface area contributed by atoms with Gasteiger partial charge in [0.25, 0.3) is 0 Å². The van der Waals surface area contributed by atoms with Crippen molar-refractivity contribution in [3.05, 3.63) is 132 Å². The average molecular weight is 555 g/mol. The van der Waals surface area contributed by atoms with Crippen LogP contribution in [0.25, 0.3) is 77.3 Å². The van der Waals surface area contributed by atoms with Crippen molar-refractivity contribution in [2.24, 2.45) is 0 Å². The SMILES string of the molecule is Cc1cnc(-c2cccc3c2oc2c4ccccc4ccc32)cc1-c1ccc2nc(-c3c(C)cccc3C)ccc2c1C. The van der Waals surface area contributed by atoms with Crippen molar-refractivity contribution < 1.29 is 4.42 Å². The van der Waals surface area contributed by atoms with Crippen LogP contribution in [0.5, 0.6) is 0 Å². The summed E-state index contributed by atoms with van der Waals surface area (Å²) in [7, 11) is 0. The zero-order valence-electron chi connectivity index (χ0n) is 24.7. The van der Waals surface area contributed by atoms with Crippen LogP contribution in [-0.4, -0.2) is 9.97 Å². The van der Waals surface area contributed by atoms with Gasteiger partial charge in [0.15, 0.2) is 0 Å². The van der Waals surface area contributed by atoms with E-state index >= 15 is 0 Å². The fourth-order valence-electron chi connectivity index (χ4n) is 6.69. The first-order valence-corrected chi connectivity index (χ1v) is 14.8. The van der Waals surface area contributed by atoms with Crippen molar-refractivity contribution in [3.63, 3.8) is 0 Å². The standard InChI is InChI=1S/C40H30N2O/c1-23-9-7-10-24(2)38(23)36-20-18-29-26(4)28(17-19-35(29)42-36)34-21-37(41-22-25(34)3)33-14-8-13-31-32-16-15-27-11-5-6-12-30(27)39(32)43-40(31)33/h5-22H,1-4H3. The molecular weight excluding hydrogens is 524 g/mol. The number of aryl methyl sites for hydroxylation is 4. The minimum Gasteiger partial charge on any atom is -0.455 e. The third-order valence-electron chi connectivity index (χ3n) is 8.94. The van der Waals surface area contributed by atoms with Crippen molar-refractivity contribution in [3.8, 4) is 33.6 Å². The van der Waals surface area contributed by atoms with Crippen molar-refractivity contribution >= 4 is 43.6 Å². The fourth-order valence-corrected chi connectivity index (χ4v) is 6.69. The fraction of sp³-hybridized carbons (Fsp3) is 0.100. The number of nitrogens with zero attached hydrogens (tertiary/aromatic N) is 2. The molecule has 206 valence electrons. The third kappa shape index (κ3) is 3.96. The van der Waals surface area contributed by atoms with Gasteiger partial charge in [0.05, 0.1) is 16.9 Å². The molecule has 0 spiro atoms. The lowest BCUT2D eigenvalue weighted by Crippen LogP contribution is -1.95. The van der Waals surface area contributed by atoms with Crippen LogP contribution in [0, 0.1) is 27.7 Å². The predicted octanol–water partition coefficient (Wildman–Crippen LogP) is 10.9. The molecule has 0 fully saturated rings. The molecule has 3 aromatic heterocycles. The maximum atomic E-state index is 6.62. The van der Waals surface area contributed by atoms with E-state index in [-0.39, 0.29) is 0 Å². The summed E-state index contributed by atoms with van der Waals surface area (Å²) in [4.78, 5) is 10.0. The zero-order valence-corrected chi connectivity index (χ0v) is 24.7. The molecule has 3 heteroatoms. The highest BCUT2D eigenvalue weighted by atomic mass is 16.3. The van der Waals surface area contributed by atoms with Gasteiger partial charge in [-0.25, -0.2) is 4.98 Å². The number of pyridine rings is 2. The van der Waals surface area contributed by atoms with E-state index < -0.39 is 0 Å². The Balaban J connectivity index is 1.27. The maximum Gasteiger partial charge on any atom is 0.144 e. The van der Waals surface area contributed by atoms with Gasteiger partial charge in [-0.3, -0.25) is 4.98 Å². The lowest BCUT2D eigenvalue weighted by atomic mass is 9.93. The van der Waals surface area contributed by atoms with Crippen LogP contribution in [0.1, 0.15) is 22.3 Å². The first kappa shape index (κ1) is 25.4. The van der Waals surface area contributed by atoms with E-state index in [1.165, 1.54) is 38.8 Å². The Morgan fingerprint density at radius 3 is 2.12 bits per heavy atom. The van der Waals surface area contributed by atoms with E-state index in [1.807, 2.05) is 6.20 Å². The molecule has 3 heterocycles. The van der Waals surface area contributed by atoms with Crippen molar-refractivity contribution in [1.29, 1.82) is 0 Å². The van der Waals surface area contributed by atoms with Gasteiger partial charge >= 0.3 is 0 Å². The van der Waals surface area contributed by atoms with Crippen LogP contribution in [0.3, 0.4) is 0 Å². The Hall–Kier alpha value is -5.28. The van der Waals surface area contributed by atoms with E-state index in [0.29, 0.717) is 0 Å². The number of furan rings is 1. The number of hydrogen-bond donors (Lipinski definition) is 0. The topological polar surface area (TPSA) is 38.9 Å². The highest BCUT2D eigenvalue weighted by molar-refractivity contribution is 6.17. The molecule has 5 aromatic carbocycles. The molecule has 0 saturated carbocycles. The molecule has 0 aliphatic rings. The predicted molar refractivity (Wildman–Crippen MR) is 180 cm³/mol. The van der Waals surface area contributed by atoms with Crippen molar-refractivity contribution in [2.45, 2.75) is 27.7 Å². The first-order valence-electron chi connectivity index (χ1n) is 14.8. The lowest BCUT2D eigenvalue weighted by molar-refractivity contribution is 0.673. The van der Waals surface area contributed by atoms with Gasteiger partial charge < -0.3 is 4.42 Å². The smallest absolute Gasteiger partial charge is 0.144 e. The minimum absolute atomic E-state index is 0.870. The van der Waals surface area contributed by atoms with E-state index in [4.69, 9.17) is 14.4 Å². The average Bonchev–Trinajstić information content (AvgIpc) is 3.41. The second kappa shape index (κ2) is 9.64. The van der Waals surface area contributed by atoms with Crippen LogP contribution in [0.15, 0.2) is 114 Å². The molecule has 0 atom stereocenters. The second-order valence-electron chi connectivity index (χ2n) is 11.6. The highest BCUT2D eigenvalue weighted by Crippen LogP contribution is 2.40. The quantitative estimate of drug-likeness (QED) is 0.218. The van der Waals surface area contributed by atoms with E-state index in [0.717, 1.165) is 60.7 Å². The zero-order chi connectivity index (χ0) is 29.2. The Morgan fingerprint density at radius 1 is 0.512 bits per heavy atom. The Bertz CT molecular complexity index is 2380. The summed E-state index contributed by atoms with van der Waals surface area (Å²) in [6, 6.07) is 36.4. The summed E-state index contributed by atoms with van der Waals surface area (Å²) >= 11 is 0. The van der Waals surface area contributed by atoms with E-state index in [2.05, 4.69) is 131 Å². The van der Waals surface area contributed by atoms with Crippen LogP contribution in [0.2, 0.25) is 0 Å². The van der Waals surface area contributed by atoms with Gasteiger partial charge in [-0.2, -0.15) is 0 Å². The molecular formula is C40H30N2O. The Kier molecular flexibility index (Phi) is 5.70. The largest absolute Gasteiger partial charge is 0.455 e. The van der Waals surface area contributed by atoms with Gasteiger partial charge in [-0.15, -0.1) is 0 Å². The highest BCUT2D eigenvalue weighted by Gasteiger charge is 2.17. The van der Waals surface area contributed by atoms with Crippen LogP contribution >= 0.6 is 0 Å². The number of aromatic nitrogens is 2. The number of fused-ring (bicyclic) bond motifs is 6. The summed E-state index contributed by atoms with van der Waals surface area (Å²) in [6.07, 6.45) is 1.98. The summed E-state index contributed by atoms with van der Waals surface area (Å²) in [5.41, 5.74) is 14.1. The number of rotatable bonds is 3. The second-order valence-corrected chi connectivity index (χ2v) is 11.6.